The first-order valence-electron chi connectivity index (χ1n) is 9.21. The van der Waals surface area contributed by atoms with Gasteiger partial charge in [-0.05, 0) is 38.1 Å². The number of morpholine rings is 1. The Hall–Kier alpha value is -1.47. The maximum Gasteiger partial charge on any atom is 0.182 e. The number of anilines is 1. The summed E-state index contributed by atoms with van der Waals surface area (Å²) in [5.41, 5.74) is 1.24. The lowest BCUT2D eigenvalue weighted by atomic mass is 9.91. The van der Waals surface area contributed by atoms with Crippen LogP contribution in [0.5, 0.6) is 0 Å². The number of hydrogen-bond acceptors (Lipinski definition) is 6. The molecule has 26 heavy (non-hydrogen) atoms. The molecule has 1 fully saturated rings. The molecule has 0 N–H and O–H groups in total. The van der Waals surface area contributed by atoms with E-state index in [9.17, 15) is 4.79 Å². The Balaban J connectivity index is 2.10. The highest BCUT2D eigenvalue weighted by Gasteiger charge is 2.34. The molecule has 1 saturated heterocycles. The topological polar surface area (TPSA) is 51.2 Å². The molecular weight excluding hydrogens is 332 g/mol. The summed E-state index contributed by atoms with van der Waals surface area (Å²) < 4.78 is 15.8. The molecule has 1 aromatic carbocycles. The van der Waals surface area contributed by atoms with Crippen molar-refractivity contribution >= 4 is 11.5 Å². The molecule has 0 aromatic heterocycles. The largest absolute Gasteiger partial charge is 0.383 e. The first kappa shape index (κ1) is 20.8. The van der Waals surface area contributed by atoms with Gasteiger partial charge in [0.1, 0.15) is 0 Å². The number of benzene rings is 1. The zero-order valence-corrected chi connectivity index (χ0v) is 16.5. The van der Waals surface area contributed by atoms with Crippen molar-refractivity contribution in [3.8, 4) is 0 Å². The fraction of sp³-hybridized carbons (Fsp3) is 0.650. The average molecular weight is 364 g/mol. The molecular formula is C20H32N2O4. The number of ketones is 1. The van der Waals surface area contributed by atoms with Crippen molar-refractivity contribution in [1.29, 1.82) is 0 Å². The van der Waals surface area contributed by atoms with Crippen LogP contribution in [-0.4, -0.2) is 83.0 Å². The van der Waals surface area contributed by atoms with E-state index in [0.29, 0.717) is 26.3 Å². The summed E-state index contributed by atoms with van der Waals surface area (Å²) in [4.78, 5) is 17.6. The number of rotatable bonds is 10. The van der Waals surface area contributed by atoms with Crippen molar-refractivity contribution in [3.63, 3.8) is 0 Å². The number of carbonyl (C=O) groups excluding carboxylic acids is 1. The third-order valence-electron chi connectivity index (χ3n) is 4.98. The fourth-order valence-corrected chi connectivity index (χ4v) is 3.22. The monoisotopic (exact) mass is 364 g/mol. The van der Waals surface area contributed by atoms with Gasteiger partial charge in [-0.2, -0.15) is 0 Å². The third-order valence-corrected chi connectivity index (χ3v) is 4.98. The first-order valence-corrected chi connectivity index (χ1v) is 9.21. The summed E-state index contributed by atoms with van der Waals surface area (Å²) >= 11 is 0. The van der Waals surface area contributed by atoms with Crippen LogP contribution in [-0.2, 0) is 14.2 Å². The van der Waals surface area contributed by atoms with E-state index in [0.717, 1.165) is 37.6 Å². The number of Topliss-reactive ketones (excluding diaryl/α,β-unsaturated/α-hetero) is 1. The standard InChI is InChI=1S/C20H32N2O4/c1-20(2,22(11-13-24-3)12-14-25-4)19(23)17-5-7-18(8-6-17)21-9-15-26-16-10-21/h5-8H,9-16H2,1-4H3. The SMILES string of the molecule is COCCN(CCOC)C(C)(C)C(=O)c1ccc(N2CCOCC2)cc1. The van der Waals surface area contributed by atoms with Crippen LogP contribution in [0.2, 0.25) is 0 Å². The van der Waals surface area contributed by atoms with Gasteiger partial charge in [0.2, 0.25) is 0 Å². The molecule has 146 valence electrons. The molecule has 6 heteroatoms. The third kappa shape index (κ3) is 5.27. The second-order valence-electron chi connectivity index (χ2n) is 7.01. The van der Waals surface area contributed by atoms with Gasteiger partial charge in [0.05, 0.1) is 32.0 Å². The van der Waals surface area contributed by atoms with Crippen LogP contribution in [0.1, 0.15) is 24.2 Å². The summed E-state index contributed by atoms with van der Waals surface area (Å²) in [6, 6.07) is 7.92. The smallest absolute Gasteiger partial charge is 0.182 e. The Bertz CT molecular complexity index is 545. The summed E-state index contributed by atoms with van der Waals surface area (Å²) in [6.45, 7) is 9.75. The minimum Gasteiger partial charge on any atom is -0.383 e. The van der Waals surface area contributed by atoms with Crippen LogP contribution in [0.15, 0.2) is 24.3 Å². The second-order valence-corrected chi connectivity index (χ2v) is 7.01. The minimum absolute atomic E-state index is 0.109. The Morgan fingerprint density at radius 3 is 2.12 bits per heavy atom. The van der Waals surface area contributed by atoms with Crippen molar-refractivity contribution in [1.82, 2.24) is 4.90 Å². The van der Waals surface area contributed by atoms with E-state index in [1.807, 2.05) is 38.1 Å². The maximum atomic E-state index is 13.2. The van der Waals surface area contributed by atoms with Gasteiger partial charge in [0.25, 0.3) is 0 Å². The number of hydrogen-bond donors (Lipinski definition) is 0. The van der Waals surface area contributed by atoms with Crippen molar-refractivity contribution < 1.29 is 19.0 Å². The van der Waals surface area contributed by atoms with Crippen LogP contribution in [0.4, 0.5) is 5.69 Å². The molecule has 1 aliphatic heterocycles. The van der Waals surface area contributed by atoms with E-state index in [2.05, 4.69) is 9.80 Å². The lowest BCUT2D eigenvalue weighted by Crippen LogP contribution is -2.52. The Labute approximate surface area is 157 Å². The first-order chi connectivity index (χ1) is 12.5. The van der Waals surface area contributed by atoms with E-state index in [4.69, 9.17) is 14.2 Å². The molecule has 6 nitrogen and oxygen atoms in total. The fourth-order valence-electron chi connectivity index (χ4n) is 3.22. The highest BCUT2D eigenvalue weighted by Crippen LogP contribution is 2.23. The predicted molar refractivity (Wildman–Crippen MR) is 103 cm³/mol. The van der Waals surface area contributed by atoms with E-state index in [1.165, 1.54) is 0 Å². The molecule has 0 radical (unpaired) electrons. The number of methoxy groups -OCH3 is 2. The number of nitrogens with zero attached hydrogens (tertiary/aromatic N) is 2. The number of ether oxygens (including phenoxy) is 3. The molecule has 0 amide bonds. The summed E-state index contributed by atoms with van der Waals surface area (Å²) in [7, 11) is 3.35. The van der Waals surface area contributed by atoms with Gasteiger partial charge in [0.15, 0.2) is 5.78 Å². The van der Waals surface area contributed by atoms with Gasteiger partial charge >= 0.3 is 0 Å². The van der Waals surface area contributed by atoms with Crippen LogP contribution < -0.4 is 4.90 Å². The molecule has 1 heterocycles. The van der Waals surface area contributed by atoms with E-state index < -0.39 is 5.54 Å². The van der Waals surface area contributed by atoms with E-state index in [1.54, 1.807) is 14.2 Å². The minimum atomic E-state index is -0.627. The molecule has 0 spiro atoms. The molecule has 0 saturated carbocycles. The highest BCUT2D eigenvalue weighted by atomic mass is 16.5. The summed E-state index contributed by atoms with van der Waals surface area (Å²) in [5.74, 6) is 0.109. The molecule has 0 atom stereocenters. The average Bonchev–Trinajstić information content (AvgIpc) is 2.68. The number of carbonyl (C=O) groups is 1. The van der Waals surface area contributed by atoms with Crippen LogP contribution in [0.25, 0.3) is 0 Å². The lowest BCUT2D eigenvalue weighted by molar-refractivity contribution is 0.0418. The molecule has 0 unspecified atom stereocenters. The Morgan fingerprint density at radius 1 is 1.08 bits per heavy atom. The van der Waals surface area contributed by atoms with Crippen LogP contribution in [0.3, 0.4) is 0 Å². The second kappa shape index (κ2) is 10.0. The van der Waals surface area contributed by atoms with Crippen molar-refractivity contribution in [3.05, 3.63) is 29.8 Å². The van der Waals surface area contributed by atoms with Crippen LogP contribution >= 0.6 is 0 Å². The Kier molecular flexibility index (Phi) is 8.03. The molecule has 0 bridgehead atoms. The van der Waals surface area contributed by atoms with Gasteiger partial charge in [0, 0.05) is 51.6 Å². The van der Waals surface area contributed by atoms with Gasteiger partial charge in [-0.3, -0.25) is 9.69 Å². The van der Waals surface area contributed by atoms with E-state index >= 15 is 0 Å². The van der Waals surface area contributed by atoms with Crippen LogP contribution in [0, 0.1) is 0 Å². The van der Waals surface area contributed by atoms with Crippen molar-refractivity contribution in [2.45, 2.75) is 19.4 Å². The normalized spacial score (nSPS) is 15.5. The van der Waals surface area contributed by atoms with Crippen molar-refractivity contribution in [2.75, 3.05) is 71.7 Å². The Morgan fingerprint density at radius 2 is 1.62 bits per heavy atom. The summed E-state index contributed by atoms with van der Waals surface area (Å²) in [5, 5.41) is 0. The molecule has 1 aliphatic rings. The molecule has 1 aromatic rings. The quantitative estimate of drug-likeness (QED) is 0.593. The van der Waals surface area contributed by atoms with Gasteiger partial charge in [-0.1, -0.05) is 0 Å². The zero-order chi connectivity index (χ0) is 19.0. The lowest BCUT2D eigenvalue weighted by Gasteiger charge is -2.37. The van der Waals surface area contributed by atoms with Gasteiger partial charge in [-0.25, -0.2) is 0 Å². The van der Waals surface area contributed by atoms with Crippen molar-refractivity contribution in [2.24, 2.45) is 0 Å². The summed E-state index contributed by atoms with van der Waals surface area (Å²) in [6.07, 6.45) is 0. The van der Waals surface area contributed by atoms with Gasteiger partial charge in [-0.15, -0.1) is 0 Å². The highest BCUT2D eigenvalue weighted by molar-refractivity contribution is 6.02. The molecule has 0 aliphatic carbocycles. The zero-order valence-electron chi connectivity index (χ0n) is 16.5. The maximum absolute atomic E-state index is 13.2. The van der Waals surface area contributed by atoms with Gasteiger partial charge < -0.3 is 19.1 Å². The molecule has 2 rings (SSSR count). The van der Waals surface area contributed by atoms with E-state index in [-0.39, 0.29) is 5.78 Å². The predicted octanol–water partition coefficient (Wildman–Crippen LogP) is 2.08.